The quantitative estimate of drug-likeness (QED) is 0.421. The molecule has 0 radical (unpaired) electrons. The van der Waals surface area contributed by atoms with Gasteiger partial charge < -0.3 is 5.11 Å². The van der Waals surface area contributed by atoms with E-state index >= 15 is 0 Å². The van der Waals surface area contributed by atoms with Crippen molar-refractivity contribution in [1.82, 2.24) is 19.8 Å². The third-order valence-electron chi connectivity index (χ3n) is 3.75. The fourth-order valence-electron chi connectivity index (χ4n) is 2.27. The number of hydrogen-bond donors (Lipinski definition) is 2. The number of aromatic nitrogens is 3. The molecule has 0 aliphatic rings. The number of phenolic OH excluding ortho intramolecular Hbond substituents is 1. The van der Waals surface area contributed by atoms with Crippen molar-refractivity contribution in [3.8, 4) is 5.75 Å². The summed E-state index contributed by atoms with van der Waals surface area (Å²) in [6.07, 6.45) is 0.507. The maximum Gasteiger partial charge on any atom is 0.346 e. The van der Waals surface area contributed by atoms with Crippen molar-refractivity contribution in [2.45, 2.75) is 25.3 Å². The standard InChI is InChI=1S/C17H21N5O4S/c1-5-12(11-8-10(2)6-7-13(11)23)18-19-14(24)9-27-15-16(25)21(3)17(26)22(4)20-15/h6-8,23H,5,9H2,1-4H3,(H,19,24)/b18-12+. The molecule has 2 N–H and O–H groups in total. The number of carbonyl (C=O) groups excluding carboxylic acids is 1. The number of benzene rings is 1. The first-order valence-electron chi connectivity index (χ1n) is 8.17. The molecule has 0 aliphatic heterocycles. The van der Waals surface area contributed by atoms with Crippen molar-refractivity contribution in [1.29, 1.82) is 0 Å². The van der Waals surface area contributed by atoms with Gasteiger partial charge in [0.15, 0.2) is 5.03 Å². The number of hydrazone groups is 1. The number of carbonyl (C=O) groups is 1. The largest absolute Gasteiger partial charge is 0.507 e. The van der Waals surface area contributed by atoms with E-state index in [-0.39, 0.29) is 16.5 Å². The molecular weight excluding hydrogens is 370 g/mol. The van der Waals surface area contributed by atoms with E-state index in [1.54, 1.807) is 18.2 Å². The van der Waals surface area contributed by atoms with Gasteiger partial charge in [-0.1, -0.05) is 30.3 Å². The van der Waals surface area contributed by atoms with Gasteiger partial charge in [0.1, 0.15) is 5.75 Å². The van der Waals surface area contributed by atoms with Crippen LogP contribution in [0.1, 0.15) is 24.5 Å². The van der Waals surface area contributed by atoms with Crippen molar-refractivity contribution < 1.29 is 9.90 Å². The molecule has 0 saturated carbocycles. The molecular formula is C17H21N5O4S. The highest BCUT2D eigenvalue weighted by molar-refractivity contribution is 7.99. The first-order valence-corrected chi connectivity index (χ1v) is 9.15. The van der Waals surface area contributed by atoms with E-state index in [1.807, 2.05) is 13.8 Å². The van der Waals surface area contributed by atoms with Crippen LogP contribution in [0.25, 0.3) is 0 Å². The number of nitrogens with one attached hydrogen (secondary N) is 1. The van der Waals surface area contributed by atoms with Crippen LogP contribution in [0.15, 0.2) is 37.9 Å². The normalized spacial score (nSPS) is 11.5. The summed E-state index contributed by atoms with van der Waals surface area (Å²) in [5, 5.41) is 18.0. The van der Waals surface area contributed by atoms with Crippen LogP contribution >= 0.6 is 11.8 Å². The number of amides is 1. The predicted octanol–water partition coefficient (Wildman–Crippen LogP) is 0.516. The number of phenols is 1. The SMILES string of the molecule is CC/C(=N\NC(=O)CSc1nn(C)c(=O)n(C)c1=O)c1cc(C)ccc1O. The zero-order chi connectivity index (χ0) is 20.1. The maximum atomic E-state index is 12.1. The highest BCUT2D eigenvalue weighted by Crippen LogP contribution is 2.20. The van der Waals surface area contributed by atoms with E-state index in [1.165, 1.54) is 14.1 Å². The number of thioether (sulfide) groups is 1. The minimum atomic E-state index is -0.557. The first-order chi connectivity index (χ1) is 12.7. The van der Waals surface area contributed by atoms with E-state index in [4.69, 9.17) is 0 Å². The van der Waals surface area contributed by atoms with E-state index in [2.05, 4.69) is 15.6 Å². The summed E-state index contributed by atoms with van der Waals surface area (Å²) in [6.45, 7) is 3.76. The lowest BCUT2D eigenvalue weighted by Gasteiger charge is -2.08. The van der Waals surface area contributed by atoms with Crippen LogP contribution in [0, 0.1) is 6.92 Å². The number of rotatable bonds is 6. The summed E-state index contributed by atoms with van der Waals surface area (Å²) in [6, 6.07) is 5.15. The monoisotopic (exact) mass is 391 g/mol. The van der Waals surface area contributed by atoms with E-state index in [0.29, 0.717) is 17.7 Å². The van der Waals surface area contributed by atoms with Crippen LogP contribution in [0.5, 0.6) is 5.75 Å². The summed E-state index contributed by atoms with van der Waals surface area (Å²) >= 11 is 0.918. The van der Waals surface area contributed by atoms with E-state index in [9.17, 15) is 19.5 Å². The van der Waals surface area contributed by atoms with Crippen LogP contribution in [0.2, 0.25) is 0 Å². The van der Waals surface area contributed by atoms with Crippen LogP contribution in [-0.4, -0.2) is 36.8 Å². The summed E-state index contributed by atoms with van der Waals surface area (Å²) in [5.41, 5.74) is 3.37. The van der Waals surface area contributed by atoms with Crippen LogP contribution < -0.4 is 16.7 Å². The summed E-state index contributed by atoms with van der Waals surface area (Å²) in [4.78, 5) is 35.7. The molecule has 2 rings (SSSR count). The maximum absolute atomic E-state index is 12.1. The molecule has 1 aromatic heterocycles. The molecule has 2 aromatic rings. The molecule has 0 saturated heterocycles. The van der Waals surface area contributed by atoms with Gasteiger partial charge >= 0.3 is 5.69 Å². The zero-order valence-electron chi connectivity index (χ0n) is 15.5. The van der Waals surface area contributed by atoms with Crippen LogP contribution in [0.4, 0.5) is 0 Å². The van der Waals surface area contributed by atoms with Crippen molar-refractivity contribution >= 4 is 23.4 Å². The van der Waals surface area contributed by atoms with Gasteiger partial charge in [0.25, 0.3) is 5.56 Å². The van der Waals surface area contributed by atoms with E-state index < -0.39 is 17.2 Å². The number of nitrogens with zero attached hydrogens (tertiary/aromatic N) is 4. The van der Waals surface area contributed by atoms with Gasteiger partial charge in [-0.2, -0.15) is 10.2 Å². The van der Waals surface area contributed by atoms with E-state index in [0.717, 1.165) is 26.6 Å². The Labute approximate surface area is 159 Å². The second-order valence-corrected chi connectivity index (χ2v) is 6.80. The molecule has 9 nitrogen and oxygen atoms in total. The van der Waals surface area contributed by atoms with Gasteiger partial charge in [-0.15, -0.1) is 0 Å². The van der Waals surface area contributed by atoms with Gasteiger partial charge in [-0.05, 0) is 25.5 Å². The number of aromatic hydroxyl groups is 1. The lowest BCUT2D eigenvalue weighted by atomic mass is 10.0. The summed E-state index contributed by atoms with van der Waals surface area (Å²) in [5.74, 6) is -0.445. The molecule has 0 aliphatic carbocycles. The van der Waals surface area contributed by atoms with Crippen molar-refractivity contribution in [2.24, 2.45) is 19.2 Å². The number of aryl methyl sites for hydroxylation is 2. The molecule has 0 atom stereocenters. The van der Waals surface area contributed by atoms with Gasteiger partial charge in [0, 0.05) is 19.7 Å². The fourth-order valence-corrected chi connectivity index (χ4v) is 3.04. The zero-order valence-corrected chi connectivity index (χ0v) is 16.3. The Morgan fingerprint density at radius 2 is 2.04 bits per heavy atom. The Kier molecular flexibility index (Phi) is 6.56. The molecule has 27 heavy (non-hydrogen) atoms. The lowest BCUT2D eigenvalue weighted by molar-refractivity contribution is -0.118. The van der Waals surface area contributed by atoms with Gasteiger partial charge in [0.2, 0.25) is 5.91 Å². The molecule has 144 valence electrons. The first kappa shape index (κ1) is 20.4. The third-order valence-corrected chi connectivity index (χ3v) is 4.68. The van der Waals surface area contributed by atoms with Crippen molar-refractivity contribution in [2.75, 3.05) is 5.75 Å². The Morgan fingerprint density at radius 3 is 2.70 bits per heavy atom. The second kappa shape index (κ2) is 8.67. The minimum Gasteiger partial charge on any atom is -0.507 e. The average molecular weight is 391 g/mol. The average Bonchev–Trinajstić information content (AvgIpc) is 2.65. The molecule has 0 bridgehead atoms. The highest BCUT2D eigenvalue weighted by atomic mass is 32.2. The minimum absolute atomic E-state index is 0.0470. The Bertz CT molecular complexity index is 1010. The molecule has 10 heteroatoms. The van der Waals surface area contributed by atoms with Gasteiger partial charge in [-0.3, -0.25) is 14.2 Å². The Balaban J connectivity index is 2.09. The lowest BCUT2D eigenvalue weighted by Crippen LogP contribution is -2.39. The van der Waals surface area contributed by atoms with Gasteiger partial charge in [0.05, 0.1) is 11.5 Å². The van der Waals surface area contributed by atoms with Crippen LogP contribution in [-0.2, 0) is 18.9 Å². The predicted molar refractivity (Wildman–Crippen MR) is 103 cm³/mol. The second-order valence-electron chi connectivity index (χ2n) is 5.83. The Hall–Kier alpha value is -2.88. The Morgan fingerprint density at radius 1 is 1.33 bits per heavy atom. The van der Waals surface area contributed by atoms with Crippen LogP contribution in [0.3, 0.4) is 0 Å². The van der Waals surface area contributed by atoms with Crippen molar-refractivity contribution in [3.05, 3.63) is 50.2 Å². The molecule has 1 heterocycles. The molecule has 0 unspecified atom stereocenters. The molecule has 1 aromatic carbocycles. The van der Waals surface area contributed by atoms with Crippen molar-refractivity contribution in [3.63, 3.8) is 0 Å². The summed E-state index contributed by atoms with van der Waals surface area (Å²) in [7, 11) is 2.78. The van der Waals surface area contributed by atoms with Gasteiger partial charge in [-0.25, -0.2) is 14.9 Å². The fraction of sp³-hybridized carbons (Fsp3) is 0.353. The smallest absolute Gasteiger partial charge is 0.346 e. The topological polar surface area (TPSA) is 119 Å². The number of hydrogen-bond acceptors (Lipinski definition) is 7. The molecule has 1 amide bonds. The third kappa shape index (κ3) is 4.85. The summed E-state index contributed by atoms with van der Waals surface area (Å²) < 4.78 is 1.97. The molecule has 0 fully saturated rings. The highest BCUT2D eigenvalue weighted by Gasteiger charge is 2.12. The molecule has 0 spiro atoms.